The van der Waals surface area contributed by atoms with Crippen LogP contribution in [0.1, 0.15) is 16.7 Å². The minimum absolute atomic E-state index is 0.483. The topological polar surface area (TPSA) is 63.7 Å². The summed E-state index contributed by atoms with van der Waals surface area (Å²) in [6.45, 7) is 4.64. The summed E-state index contributed by atoms with van der Waals surface area (Å²) < 4.78 is 5.76. The van der Waals surface area contributed by atoms with Crippen molar-refractivity contribution < 1.29 is 4.74 Å². The molecule has 5 heteroatoms. The number of benzene rings is 1. The molecule has 0 radical (unpaired) electrons. The first-order chi connectivity index (χ1) is 9.24. The smallest absolute Gasteiger partial charge is 0.243 e. The lowest BCUT2D eigenvalue weighted by Gasteiger charge is -2.08. The van der Waals surface area contributed by atoms with Crippen LogP contribution in [0, 0.1) is 13.8 Å². The van der Waals surface area contributed by atoms with E-state index in [0.717, 1.165) is 11.1 Å². The van der Waals surface area contributed by atoms with Gasteiger partial charge in [0.1, 0.15) is 18.5 Å². The zero-order chi connectivity index (χ0) is 13.2. The van der Waals surface area contributed by atoms with Crippen LogP contribution in [0.2, 0.25) is 0 Å². The van der Waals surface area contributed by atoms with E-state index in [2.05, 4.69) is 52.0 Å². The van der Waals surface area contributed by atoms with Crippen LogP contribution in [0.4, 0.5) is 0 Å². The highest BCUT2D eigenvalue weighted by atomic mass is 16.5. The number of nitrogens with one attached hydrogen (secondary N) is 1. The number of aromatic nitrogens is 4. The van der Waals surface area contributed by atoms with E-state index in [1.54, 1.807) is 6.33 Å². The number of aryl methyl sites for hydroxylation is 2. The Hall–Kier alpha value is -2.43. The fraction of sp³-hybridized carbons (Fsp3) is 0.214. The van der Waals surface area contributed by atoms with Gasteiger partial charge in [-0.15, -0.1) is 0 Å². The SMILES string of the molecule is Cc1ccc(COc2ncnc3nc[nH]c23)c(C)c1. The van der Waals surface area contributed by atoms with E-state index in [0.29, 0.717) is 18.1 Å². The van der Waals surface area contributed by atoms with E-state index in [1.165, 1.54) is 17.5 Å². The summed E-state index contributed by atoms with van der Waals surface area (Å²) in [5.74, 6) is 0.530. The first-order valence-electron chi connectivity index (χ1n) is 6.07. The number of aromatic amines is 1. The largest absolute Gasteiger partial charge is 0.471 e. The second-order valence-corrected chi connectivity index (χ2v) is 4.50. The van der Waals surface area contributed by atoms with Crippen molar-refractivity contribution in [1.82, 2.24) is 19.9 Å². The van der Waals surface area contributed by atoms with Crippen LogP contribution in [0.15, 0.2) is 30.9 Å². The Bertz CT molecular complexity index is 720. The number of rotatable bonds is 3. The molecule has 3 rings (SSSR count). The molecular formula is C14H14N4O. The lowest BCUT2D eigenvalue weighted by Crippen LogP contribution is -2.00. The van der Waals surface area contributed by atoms with Crippen LogP contribution in [-0.4, -0.2) is 19.9 Å². The summed E-state index contributed by atoms with van der Waals surface area (Å²) in [6, 6.07) is 6.30. The van der Waals surface area contributed by atoms with Gasteiger partial charge in [0, 0.05) is 0 Å². The molecule has 0 unspecified atom stereocenters. The van der Waals surface area contributed by atoms with E-state index in [1.807, 2.05) is 0 Å². The van der Waals surface area contributed by atoms with Crippen molar-refractivity contribution in [2.45, 2.75) is 20.5 Å². The number of H-pyrrole nitrogens is 1. The molecule has 0 spiro atoms. The average Bonchev–Trinajstić information content (AvgIpc) is 2.86. The number of hydrogen-bond donors (Lipinski definition) is 1. The molecule has 1 aromatic carbocycles. The summed E-state index contributed by atoms with van der Waals surface area (Å²) >= 11 is 0. The highest BCUT2D eigenvalue weighted by molar-refractivity contribution is 5.74. The van der Waals surface area contributed by atoms with Crippen molar-refractivity contribution in [3.8, 4) is 5.88 Å². The molecule has 0 amide bonds. The van der Waals surface area contributed by atoms with Gasteiger partial charge >= 0.3 is 0 Å². The van der Waals surface area contributed by atoms with Gasteiger partial charge in [0.2, 0.25) is 5.88 Å². The molecule has 2 heterocycles. The Morgan fingerprint density at radius 1 is 1.16 bits per heavy atom. The van der Waals surface area contributed by atoms with Crippen molar-refractivity contribution in [1.29, 1.82) is 0 Å². The van der Waals surface area contributed by atoms with Crippen molar-refractivity contribution in [3.63, 3.8) is 0 Å². The first-order valence-corrected chi connectivity index (χ1v) is 6.07. The third-order valence-electron chi connectivity index (χ3n) is 3.05. The van der Waals surface area contributed by atoms with Crippen LogP contribution in [0.5, 0.6) is 5.88 Å². The zero-order valence-electron chi connectivity index (χ0n) is 10.8. The van der Waals surface area contributed by atoms with Crippen molar-refractivity contribution in [3.05, 3.63) is 47.5 Å². The quantitative estimate of drug-likeness (QED) is 0.780. The number of nitrogens with zero attached hydrogens (tertiary/aromatic N) is 3. The third-order valence-corrected chi connectivity index (χ3v) is 3.05. The molecular weight excluding hydrogens is 240 g/mol. The van der Waals surface area contributed by atoms with Crippen molar-refractivity contribution >= 4 is 11.2 Å². The minimum Gasteiger partial charge on any atom is -0.471 e. The summed E-state index contributed by atoms with van der Waals surface area (Å²) in [5, 5.41) is 0. The predicted molar refractivity (Wildman–Crippen MR) is 71.9 cm³/mol. The average molecular weight is 254 g/mol. The zero-order valence-corrected chi connectivity index (χ0v) is 10.8. The molecule has 5 nitrogen and oxygen atoms in total. The molecule has 0 bridgehead atoms. The molecule has 0 aliphatic heterocycles. The van der Waals surface area contributed by atoms with Gasteiger partial charge in [0.05, 0.1) is 6.33 Å². The monoisotopic (exact) mass is 254 g/mol. The maximum Gasteiger partial charge on any atom is 0.243 e. The van der Waals surface area contributed by atoms with Gasteiger partial charge in [-0.3, -0.25) is 0 Å². The lowest BCUT2D eigenvalue weighted by molar-refractivity contribution is 0.296. The fourth-order valence-electron chi connectivity index (χ4n) is 2.01. The van der Waals surface area contributed by atoms with Gasteiger partial charge in [-0.25, -0.2) is 9.97 Å². The standard InChI is InChI=1S/C14H14N4O/c1-9-3-4-11(10(2)5-9)6-19-14-12-13(16-7-15-12)17-8-18-14/h3-5,7-8H,6H2,1-2H3,(H,15,16,17,18). The Balaban J connectivity index is 1.84. The van der Waals surface area contributed by atoms with Crippen molar-refractivity contribution in [2.24, 2.45) is 0 Å². The van der Waals surface area contributed by atoms with E-state index in [-0.39, 0.29) is 0 Å². The molecule has 0 aliphatic carbocycles. The van der Waals surface area contributed by atoms with Crippen LogP contribution < -0.4 is 4.74 Å². The highest BCUT2D eigenvalue weighted by Gasteiger charge is 2.07. The second kappa shape index (κ2) is 4.68. The number of fused-ring (bicyclic) bond motifs is 1. The van der Waals surface area contributed by atoms with E-state index < -0.39 is 0 Å². The Morgan fingerprint density at radius 2 is 2.05 bits per heavy atom. The van der Waals surface area contributed by atoms with Crippen LogP contribution >= 0.6 is 0 Å². The van der Waals surface area contributed by atoms with Crippen LogP contribution in [0.3, 0.4) is 0 Å². The molecule has 2 aromatic heterocycles. The van der Waals surface area contributed by atoms with Gasteiger partial charge in [0.15, 0.2) is 5.65 Å². The molecule has 0 atom stereocenters. The van der Waals surface area contributed by atoms with Gasteiger partial charge in [0.25, 0.3) is 0 Å². The van der Waals surface area contributed by atoms with E-state index >= 15 is 0 Å². The predicted octanol–water partition coefficient (Wildman–Crippen LogP) is 2.55. The van der Waals surface area contributed by atoms with Gasteiger partial charge < -0.3 is 9.72 Å². The number of hydrogen-bond acceptors (Lipinski definition) is 4. The molecule has 1 N–H and O–H groups in total. The molecule has 3 aromatic rings. The minimum atomic E-state index is 0.483. The van der Waals surface area contributed by atoms with Gasteiger partial charge in [-0.2, -0.15) is 4.98 Å². The lowest BCUT2D eigenvalue weighted by atomic mass is 10.1. The number of ether oxygens (including phenoxy) is 1. The molecule has 0 saturated heterocycles. The fourth-order valence-corrected chi connectivity index (χ4v) is 2.01. The van der Waals surface area contributed by atoms with E-state index in [4.69, 9.17) is 4.74 Å². The molecule has 96 valence electrons. The summed E-state index contributed by atoms with van der Waals surface area (Å²) in [5.41, 5.74) is 4.96. The Kier molecular flexibility index (Phi) is 2.87. The highest BCUT2D eigenvalue weighted by Crippen LogP contribution is 2.19. The Morgan fingerprint density at radius 3 is 2.89 bits per heavy atom. The first kappa shape index (κ1) is 11.6. The molecule has 0 saturated carbocycles. The third kappa shape index (κ3) is 2.27. The van der Waals surface area contributed by atoms with Crippen LogP contribution in [0.25, 0.3) is 11.2 Å². The van der Waals surface area contributed by atoms with Crippen molar-refractivity contribution in [2.75, 3.05) is 0 Å². The summed E-state index contributed by atoms with van der Waals surface area (Å²) in [4.78, 5) is 15.3. The summed E-state index contributed by atoms with van der Waals surface area (Å²) in [7, 11) is 0. The van der Waals surface area contributed by atoms with Gasteiger partial charge in [-0.05, 0) is 25.0 Å². The van der Waals surface area contributed by atoms with Gasteiger partial charge in [-0.1, -0.05) is 23.8 Å². The van der Waals surface area contributed by atoms with E-state index in [9.17, 15) is 0 Å². The maximum atomic E-state index is 5.76. The molecule has 19 heavy (non-hydrogen) atoms. The maximum absolute atomic E-state index is 5.76. The normalized spacial score (nSPS) is 10.8. The molecule has 0 fully saturated rings. The number of imidazole rings is 1. The Labute approximate surface area is 110 Å². The summed E-state index contributed by atoms with van der Waals surface area (Å²) in [6.07, 6.45) is 3.05. The molecule has 0 aliphatic rings. The second-order valence-electron chi connectivity index (χ2n) is 4.50. The van der Waals surface area contributed by atoms with Crippen LogP contribution in [-0.2, 0) is 6.61 Å².